The van der Waals surface area contributed by atoms with Crippen LogP contribution in [0.25, 0.3) is 0 Å². The Morgan fingerprint density at radius 3 is 2.30 bits per heavy atom. The zero-order valence-corrected chi connectivity index (χ0v) is 14.2. The van der Waals surface area contributed by atoms with Gasteiger partial charge in [-0.25, -0.2) is 4.79 Å². The van der Waals surface area contributed by atoms with E-state index in [9.17, 15) is 4.79 Å². The van der Waals surface area contributed by atoms with Crippen molar-refractivity contribution in [3.8, 4) is 5.75 Å². The molecule has 0 N–H and O–H groups in total. The molecule has 0 bridgehead atoms. The predicted molar refractivity (Wildman–Crippen MR) is 93.7 cm³/mol. The summed E-state index contributed by atoms with van der Waals surface area (Å²) in [5.41, 5.74) is 1.64. The quantitative estimate of drug-likeness (QED) is 0.483. The number of carbonyl (C=O) groups excluding carboxylic acids is 1. The average Bonchev–Trinajstić information content (AvgIpc) is 2.56. The van der Waals surface area contributed by atoms with Crippen LogP contribution in [0.1, 0.15) is 53.9 Å². The van der Waals surface area contributed by atoms with Gasteiger partial charge < -0.3 is 4.74 Å². The standard InChI is InChI=1S/C19H18Cl2O2/c20-15-8-11-17(18(21)12-15)19(22)23-16-9-6-14(7-10-16)13-4-2-1-3-5-13/h6-13H,1-5H2. The van der Waals surface area contributed by atoms with Gasteiger partial charge in [0, 0.05) is 5.02 Å². The van der Waals surface area contributed by atoms with Gasteiger partial charge in [0.05, 0.1) is 10.6 Å². The molecule has 1 aliphatic carbocycles. The molecular formula is C19H18Cl2O2. The molecule has 0 aliphatic heterocycles. The Balaban J connectivity index is 1.69. The highest BCUT2D eigenvalue weighted by Crippen LogP contribution is 2.33. The number of halogens is 2. The highest BCUT2D eigenvalue weighted by atomic mass is 35.5. The van der Waals surface area contributed by atoms with Gasteiger partial charge in [0.1, 0.15) is 5.75 Å². The average molecular weight is 349 g/mol. The molecule has 0 unspecified atom stereocenters. The predicted octanol–water partition coefficient (Wildman–Crippen LogP) is 6.26. The number of ether oxygens (including phenoxy) is 1. The highest BCUT2D eigenvalue weighted by molar-refractivity contribution is 6.36. The van der Waals surface area contributed by atoms with Crippen molar-refractivity contribution in [2.45, 2.75) is 38.0 Å². The molecule has 2 nitrogen and oxygen atoms in total. The van der Waals surface area contributed by atoms with Crippen LogP contribution in [0.3, 0.4) is 0 Å². The highest BCUT2D eigenvalue weighted by Gasteiger charge is 2.16. The van der Waals surface area contributed by atoms with Crippen molar-refractivity contribution in [2.24, 2.45) is 0 Å². The molecule has 4 heteroatoms. The van der Waals surface area contributed by atoms with E-state index in [0.29, 0.717) is 27.3 Å². The van der Waals surface area contributed by atoms with E-state index >= 15 is 0 Å². The Labute approximate surface area is 146 Å². The summed E-state index contributed by atoms with van der Waals surface area (Å²) in [5.74, 6) is 0.692. The zero-order chi connectivity index (χ0) is 16.2. The first-order chi connectivity index (χ1) is 11.1. The molecule has 0 aromatic heterocycles. The Bertz CT molecular complexity index is 689. The number of benzene rings is 2. The Hall–Kier alpha value is -1.51. The molecule has 2 aromatic carbocycles. The maximum absolute atomic E-state index is 12.2. The van der Waals surface area contributed by atoms with E-state index in [1.54, 1.807) is 12.1 Å². The van der Waals surface area contributed by atoms with E-state index in [1.165, 1.54) is 43.7 Å². The lowest BCUT2D eigenvalue weighted by Gasteiger charge is -2.22. The minimum Gasteiger partial charge on any atom is -0.423 e. The molecule has 1 aliphatic rings. The Morgan fingerprint density at radius 2 is 1.65 bits per heavy atom. The van der Waals surface area contributed by atoms with Crippen LogP contribution in [0.15, 0.2) is 42.5 Å². The third-order valence-corrected chi connectivity index (χ3v) is 4.87. The smallest absolute Gasteiger partial charge is 0.345 e. The maximum Gasteiger partial charge on any atom is 0.345 e. The van der Waals surface area contributed by atoms with E-state index < -0.39 is 5.97 Å². The van der Waals surface area contributed by atoms with Crippen molar-refractivity contribution in [3.05, 3.63) is 63.6 Å². The molecule has 0 heterocycles. The van der Waals surface area contributed by atoms with Crippen molar-refractivity contribution in [1.82, 2.24) is 0 Å². The first-order valence-electron chi connectivity index (χ1n) is 7.90. The lowest BCUT2D eigenvalue weighted by Crippen LogP contribution is -2.09. The van der Waals surface area contributed by atoms with Crippen LogP contribution in [0, 0.1) is 0 Å². The second-order valence-corrected chi connectivity index (χ2v) is 6.76. The SMILES string of the molecule is O=C(Oc1ccc(C2CCCCC2)cc1)c1ccc(Cl)cc1Cl. The van der Waals surface area contributed by atoms with Crippen LogP contribution >= 0.6 is 23.2 Å². The number of carbonyl (C=O) groups is 1. The number of hydrogen-bond acceptors (Lipinski definition) is 2. The summed E-state index contributed by atoms with van der Waals surface area (Å²) in [6, 6.07) is 12.5. The van der Waals surface area contributed by atoms with Crippen molar-refractivity contribution < 1.29 is 9.53 Å². The van der Waals surface area contributed by atoms with E-state index in [4.69, 9.17) is 27.9 Å². The molecule has 0 radical (unpaired) electrons. The minimum atomic E-state index is -0.475. The topological polar surface area (TPSA) is 26.3 Å². The molecule has 1 fully saturated rings. The van der Waals surface area contributed by atoms with Crippen LogP contribution < -0.4 is 4.74 Å². The van der Waals surface area contributed by atoms with Gasteiger partial charge in [-0.3, -0.25) is 0 Å². The number of hydrogen-bond donors (Lipinski definition) is 0. The zero-order valence-electron chi connectivity index (χ0n) is 12.7. The van der Waals surface area contributed by atoms with Gasteiger partial charge in [-0.15, -0.1) is 0 Å². The summed E-state index contributed by atoms with van der Waals surface area (Å²) in [4.78, 5) is 12.2. The monoisotopic (exact) mass is 348 g/mol. The first kappa shape index (κ1) is 16.4. The summed E-state index contributed by atoms with van der Waals surface area (Å²) in [6.45, 7) is 0. The number of esters is 1. The second-order valence-electron chi connectivity index (χ2n) is 5.92. The van der Waals surface area contributed by atoms with Crippen molar-refractivity contribution in [2.75, 3.05) is 0 Å². The van der Waals surface area contributed by atoms with E-state index in [1.807, 2.05) is 12.1 Å². The van der Waals surface area contributed by atoms with Crippen LogP contribution in [-0.2, 0) is 0 Å². The number of rotatable bonds is 3. The molecule has 0 amide bonds. The molecule has 120 valence electrons. The van der Waals surface area contributed by atoms with Gasteiger partial charge in [-0.05, 0) is 54.7 Å². The molecule has 1 saturated carbocycles. The normalized spacial score (nSPS) is 15.4. The fourth-order valence-electron chi connectivity index (χ4n) is 3.06. The summed E-state index contributed by atoms with van der Waals surface area (Å²) < 4.78 is 5.40. The third kappa shape index (κ3) is 4.07. The largest absolute Gasteiger partial charge is 0.423 e. The van der Waals surface area contributed by atoms with Gasteiger partial charge in [-0.2, -0.15) is 0 Å². The minimum absolute atomic E-state index is 0.293. The third-order valence-electron chi connectivity index (χ3n) is 4.32. The van der Waals surface area contributed by atoms with Gasteiger partial charge in [0.2, 0.25) is 0 Å². The Kier molecular flexibility index (Phi) is 5.24. The maximum atomic E-state index is 12.2. The summed E-state index contributed by atoms with van der Waals surface area (Å²) >= 11 is 11.9. The molecule has 0 saturated heterocycles. The summed E-state index contributed by atoms with van der Waals surface area (Å²) in [6.07, 6.45) is 6.44. The first-order valence-corrected chi connectivity index (χ1v) is 8.66. The van der Waals surface area contributed by atoms with Crippen LogP contribution in [0.5, 0.6) is 5.75 Å². The van der Waals surface area contributed by atoms with Crippen LogP contribution in [-0.4, -0.2) is 5.97 Å². The fourth-order valence-corrected chi connectivity index (χ4v) is 3.55. The molecular weight excluding hydrogens is 331 g/mol. The summed E-state index contributed by atoms with van der Waals surface area (Å²) in [5, 5.41) is 0.782. The van der Waals surface area contributed by atoms with E-state index in [2.05, 4.69) is 12.1 Å². The summed E-state index contributed by atoms with van der Waals surface area (Å²) in [7, 11) is 0. The van der Waals surface area contributed by atoms with Gasteiger partial charge >= 0.3 is 5.97 Å². The second kappa shape index (κ2) is 7.37. The Morgan fingerprint density at radius 1 is 0.957 bits per heavy atom. The lowest BCUT2D eigenvalue weighted by atomic mass is 9.84. The molecule has 0 atom stereocenters. The molecule has 2 aromatic rings. The van der Waals surface area contributed by atoms with Gasteiger partial charge in [0.25, 0.3) is 0 Å². The van der Waals surface area contributed by atoms with E-state index in [-0.39, 0.29) is 0 Å². The molecule has 0 spiro atoms. The molecule has 3 rings (SSSR count). The molecule has 23 heavy (non-hydrogen) atoms. The van der Waals surface area contributed by atoms with Gasteiger partial charge in [0.15, 0.2) is 0 Å². The van der Waals surface area contributed by atoms with Crippen molar-refractivity contribution in [1.29, 1.82) is 0 Å². The van der Waals surface area contributed by atoms with Crippen LogP contribution in [0.2, 0.25) is 10.0 Å². The fraction of sp³-hybridized carbons (Fsp3) is 0.316. The van der Waals surface area contributed by atoms with E-state index in [0.717, 1.165) is 0 Å². The van der Waals surface area contributed by atoms with Crippen molar-refractivity contribution >= 4 is 29.2 Å². The van der Waals surface area contributed by atoms with Gasteiger partial charge in [-0.1, -0.05) is 54.6 Å². The van der Waals surface area contributed by atoms with Crippen LogP contribution in [0.4, 0.5) is 0 Å². The lowest BCUT2D eigenvalue weighted by molar-refractivity contribution is 0.0735. The van der Waals surface area contributed by atoms with Crippen molar-refractivity contribution in [3.63, 3.8) is 0 Å².